The van der Waals surface area contributed by atoms with E-state index in [1.165, 1.54) is 18.6 Å². The second-order valence-corrected chi connectivity index (χ2v) is 25.7. The number of nitrogens with one attached hydrogen (secondary N) is 4. The van der Waals surface area contributed by atoms with Crippen LogP contribution in [0.3, 0.4) is 0 Å². The number of aryl methyl sites for hydroxylation is 3. The van der Waals surface area contributed by atoms with Crippen molar-refractivity contribution in [2.24, 2.45) is 18.9 Å². The Labute approximate surface area is 550 Å². The van der Waals surface area contributed by atoms with E-state index in [0.29, 0.717) is 51.3 Å². The summed E-state index contributed by atoms with van der Waals surface area (Å²) < 4.78 is 36.6. The van der Waals surface area contributed by atoms with Gasteiger partial charge in [0.2, 0.25) is 11.8 Å². The molecule has 10 N–H and O–H groups in total. The minimum absolute atomic E-state index is 0.0203. The lowest BCUT2D eigenvalue weighted by molar-refractivity contribution is -0.121. The predicted molar refractivity (Wildman–Crippen MR) is 372 cm³/mol. The molecule has 96 heavy (non-hydrogen) atoms. The standard InChI is InChI=1S/C28H29N7O.C27H25FN6O.C19H18FN5/c1-16-7-12-21(17(2)31-16)33-28(36)19-10-8-18(9-11-19)27-34-24(25-26(29)30-13-14-35(25)27)23-15-20-5-3-4-6-22(20)32-23;28-19-5-3-6-20(15-19)31-27(35)17-10-8-16(9-11-17)26-33-23(24-25(29)30-12-13-34(24)26)22-14-18-4-1-2-7-21(18)32-22;1-24-9-7-11-5-6-13(14(20)16(11)24)15-17-18(21)22-8-10-25(17)19(23-15)12-3-2-4-12/h3-7,12-15,18-19,32H,8-11H2,1-2H3,(H2,29,30)(H,33,36);1-7,12-17,32H,8-11H2,(H2,29,30)(H,31,35);5-10,12H,2-4H2,1H3,(H2,21,22). The van der Waals surface area contributed by atoms with Crippen molar-refractivity contribution in [2.45, 2.75) is 102 Å². The number of fused-ring (bicyclic) bond motifs is 6. The fourth-order valence-electron chi connectivity index (χ4n) is 14.4. The molecular formula is C74H72F2N18O2. The molecule has 3 saturated carbocycles. The molecule has 14 aromatic rings. The monoisotopic (exact) mass is 1280 g/mol. The van der Waals surface area contributed by atoms with Crippen LogP contribution in [0.5, 0.6) is 0 Å². The van der Waals surface area contributed by atoms with E-state index in [4.69, 9.17) is 32.2 Å². The molecule has 0 saturated heterocycles. The molecule has 17 rings (SSSR count). The van der Waals surface area contributed by atoms with Crippen LogP contribution in [0, 0.1) is 37.3 Å². The molecule has 0 atom stereocenters. The van der Waals surface area contributed by atoms with Crippen molar-refractivity contribution in [2.75, 3.05) is 27.8 Å². The second kappa shape index (κ2) is 25.2. The number of para-hydroxylation sites is 2. The Hall–Kier alpha value is -11.3. The first kappa shape index (κ1) is 60.9. The highest BCUT2D eigenvalue weighted by Gasteiger charge is 2.34. The highest BCUT2D eigenvalue weighted by atomic mass is 19.1. The first-order valence-corrected chi connectivity index (χ1v) is 32.8. The number of benzene rings is 4. The number of nitrogen functional groups attached to an aromatic ring is 3. The van der Waals surface area contributed by atoms with Gasteiger partial charge in [-0.15, -0.1) is 0 Å². The van der Waals surface area contributed by atoms with E-state index in [0.717, 1.165) is 160 Å². The van der Waals surface area contributed by atoms with Gasteiger partial charge in [0.1, 0.15) is 74.4 Å². The number of carbonyl (C=O) groups is 2. The van der Waals surface area contributed by atoms with Crippen LogP contribution in [0.25, 0.3) is 83.3 Å². The third kappa shape index (κ3) is 11.4. The number of carbonyl (C=O) groups excluding carboxylic acids is 2. The molecule has 0 radical (unpaired) electrons. The van der Waals surface area contributed by atoms with E-state index < -0.39 is 0 Å². The number of aromatic amines is 2. The van der Waals surface area contributed by atoms with Crippen molar-refractivity contribution in [3.05, 3.63) is 199 Å². The van der Waals surface area contributed by atoms with Gasteiger partial charge in [-0.25, -0.2) is 38.7 Å². The van der Waals surface area contributed by atoms with Crippen LogP contribution in [0.2, 0.25) is 0 Å². The third-order valence-corrected chi connectivity index (χ3v) is 19.6. The molecule has 0 aliphatic heterocycles. The van der Waals surface area contributed by atoms with Crippen molar-refractivity contribution in [3.63, 3.8) is 0 Å². The van der Waals surface area contributed by atoms with Crippen molar-refractivity contribution < 1.29 is 18.4 Å². The predicted octanol–water partition coefficient (Wildman–Crippen LogP) is 14.8. The Morgan fingerprint density at radius 1 is 0.500 bits per heavy atom. The zero-order chi connectivity index (χ0) is 65.9. The fraction of sp³-hybridized carbons (Fsp3) is 0.257. The lowest BCUT2D eigenvalue weighted by Gasteiger charge is -2.27. The Balaban J connectivity index is 0.000000120. The SMILES string of the molecule is Cc1ccc(NC(=O)C2CCC(c3nc(-c4cc5ccccc5[nH]4)c4c(N)nccn34)CC2)c(C)n1.Cn1ccc2ccc(-c3nc(C4CCC4)n4ccnc(N)c34)c(F)c21.Nc1nccn2c(C3CCC(C(=O)Nc4cccc(F)c4)CC3)nc(-c3cc4ccccc4[nH]3)c12. The van der Waals surface area contributed by atoms with Crippen LogP contribution < -0.4 is 27.8 Å². The molecule has 3 aliphatic rings. The Kier molecular flexibility index (Phi) is 16.0. The van der Waals surface area contributed by atoms with Gasteiger partial charge in [0.15, 0.2) is 5.82 Å². The first-order chi connectivity index (χ1) is 46.7. The number of rotatable bonds is 10. The number of H-pyrrole nitrogens is 2. The van der Waals surface area contributed by atoms with E-state index in [1.807, 2.05) is 109 Å². The Bertz CT molecular complexity index is 5220. The summed E-state index contributed by atoms with van der Waals surface area (Å²) in [4.78, 5) is 65.0. The minimum atomic E-state index is -0.364. The smallest absolute Gasteiger partial charge is 0.227 e. The molecule has 3 fully saturated rings. The van der Waals surface area contributed by atoms with Crippen molar-refractivity contribution in [3.8, 4) is 34.0 Å². The second-order valence-electron chi connectivity index (χ2n) is 25.7. The number of hydrogen-bond donors (Lipinski definition) is 7. The maximum Gasteiger partial charge on any atom is 0.227 e. The minimum Gasteiger partial charge on any atom is -0.382 e. The number of aromatic nitrogens is 13. The van der Waals surface area contributed by atoms with Gasteiger partial charge in [0.25, 0.3) is 0 Å². The summed E-state index contributed by atoms with van der Waals surface area (Å²) >= 11 is 0. The van der Waals surface area contributed by atoms with Gasteiger partial charge < -0.3 is 42.4 Å². The van der Waals surface area contributed by atoms with E-state index in [-0.39, 0.29) is 47.1 Å². The normalized spacial score (nSPS) is 17.3. The molecule has 0 unspecified atom stereocenters. The number of nitrogens with two attached hydrogens (primary N) is 3. The van der Waals surface area contributed by atoms with Crippen LogP contribution in [0.15, 0.2) is 159 Å². The summed E-state index contributed by atoms with van der Waals surface area (Å²) in [5.41, 5.74) is 31.3. The maximum atomic E-state index is 15.3. The summed E-state index contributed by atoms with van der Waals surface area (Å²) in [7, 11) is 1.84. The average molecular weight is 1280 g/mol. The number of anilines is 5. The molecule has 484 valence electrons. The van der Waals surface area contributed by atoms with E-state index in [1.54, 1.807) is 41.4 Å². The van der Waals surface area contributed by atoms with E-state index in [9.17, 15) is 14.0 Å². The number of hydrogen-bond acceptors (Lipinski definition) is 12. The van der Waals surface area contributed by atoms with Crippen molar-refractivity contribution in [1.29, 1.82) is 0 Å². The van der Waals surface area contributed by atoms with Crippen molar-refractivity contribution in [1.82, 2.24) is 62.6 Å². The van der Waals surface area contributed by atoms with E-state index >= 15 is 4.39 Å². The van der Waals surface area contributed by atoms with Crippen LogP contribution in [0.4, 0.5) is 37.6 Å². The molecule has 10 aromatic heterocycles. The van der Waals surface area contributed by atoms with Crippen LogP contribution in [-0.2, 0) is 16.6 Å². The van der Waals surface area contributed by atoms with Gasteiger partial charge in [-0.05, 0) is 145 Å². The summed E-state index contributed by atoms with van der Waals surface area (Å²) in [6, 6.07) is 35.9. The van der Waals surface area contributed by atoms with Gasteiger partial charge in [-0.2, -0.15) is 0 Å². The van der Waals surface area contributed by atoms with Gasteiger partial charge >= 0.3 is 0 Å². The molecule has 0 bridgehead atoms. The molecule has 2 amide bonds. The fourth-order valence-corrected chi connectivity index (χ4v) is 14.4. The molecule has 22 heteroatoms. The largest absolute Gasteiger partial charge is 0.382 e. The average Bonchev–Trinajstić information content (AvgIpc) is 1.66. The van der Waals surface area contributed by atoms with Crippen molar-refractivity contribution >= 4 is 89.9 Å². The first-order valence-electron chi connectivity index (χ1n) is 32.8. The summed E-state index contributed by atoms with van der Waals surface area (Å²) in [5, 5.41) is 9.05. The number of amides is 2. The summed E-state index contributed by atoms with van der Waals surface area (Å²) in [6.45, 7) is 3.88. The third-order valence-electron chi connectivity index (χ3n) is 19.6. The zero-order valence-electron chi connectivity index (χ0n) is 53.4. The topological polar surface area (TPSA) is 276 Å². The van der Waals surface area contributed by atoms with Gasteiger partial charge in [-0.1, -0.05) is 55.0 Å². The Morgan fingerprint density at radius 3 is 1.50 bits per heavy atom. The molecule has 20 nitrogen and oxygen atoms in total. The number of halogens is 2. The molecule has 4 aromatic carbocycles. The Morgan fingerprint density at radius 2 is 1.00 bits per heavy atom. The lowest BCUT2D eigenvalue weighted by Crippen LogP contribution is -2.27. The van der Waals surface area contributed by atoms with Crippen LogP contribution >= 0.6 is 0 Å². The highest BCUT2D eigenvalue weighted by Crippen LogP contribution is 2.44. The molecule has 3 aliphatic carbocycles. The lowest BCUT2D eigenvalue weighted by atomic mass is 9.81. The van der Waals surface area contributed by atoms with E-state index in [2.05, 4.69) is 75.3 Å². The number of nitrogens with zero attached hydrogens (tertiary/aromatic N) is 11. The molecule has 0 spiro atoms. The van der Waals surface area contributed by atoms with Crippen LogP contribution in [-0.4, -0.2) is 74.4 Å². The summed E-state index contributed by atoms with van der Waals surface area (Å²) in [5.74, 6) is 4.23. The van der Waals surface area contributed by atoms with Gasteiger partial charge in [0, 0.05) is 124 Å². The molecule has 10 heterocycles. The van der Waals surface area contributed by atoms with Gasteiger partial charge in [-0.3, -0.25) is 27.8 Å². The highest BCUT2D eigenvalue weighted by molar-refractivity contribution is 5.96. The number of pyridine rings is 1. The zero-order valence-corrected chi connectivity index (χ0v) is 53.4. The summed E-state index contributed by atoms with van der Waals surface area (Å²) in [6.07, 6.45) is 22.6. The quantitative estimate of drug-likeness (QED) is 0.0673. The maximum absolute atomic E-state index is 15.3. The molecular weight excluding hydrogens is 1210 g/mol. The van der Waals surface area contributed by atoms with Crippen LogP contribution in [0.1, 0.15) is 117 Å². The van der Waals surface area contributed by atoms with Gasteiger partial charge in [0.05, 0.1) is 28.3 Å². The number of imidazole rings is 3.